The standard InChI is InChI=1S/C24H24F4/c1-2-3-4-14-5-7-19-15(9-14)6-8-20-21(19)13-22(27)23(24(20)28)16-10-17(25)12-18(26)11-16/h3-4,10-15,19H,2,5-9H2,1H3/b4-3+/t14-,15-,19+/m1/s1. The summed E-state index contributed by atoms with van der Waals surface area (Å²) in [6.45, 7) is 2.12. The molecule has 0 unspecified atom stereocenters. The smallest absolute Gasteiger partial charge is 0.137 e. The highest BCUT2D eigenvalue weighted by Crippen LogP contribution is 2.49. The van der Waals surface area contributed by atoms with Crippen molar-refractivity contribution in [3.63, 3.8) is 0 Å². The molecular formula is C24H24F4. The molecule has 0 spiro atoms. The third-order valence-corrected chi connectivity index (χ3v) is 6.34. The first kappa shape index (κ1) is 19.2. The Hall–Kier alpha value is -2.10. The number of rotatable bonds is 3. The van der Waals surface area contributed by atoms with Gasteiger partial charge in [-0.2, -0.15) is 0 Å². The van der Waals surface area contributed by atoms with Crippen LogP contribution in [-0.2, 0) is 6.42 Å². The molecule has 148 valence electrons. The molecule has 0 N–H and O–H groups in total. The molecule has 28 heavy (non-hydrogen) atoms. The van der Waals surface area contributed by atoms with Crippen molar-refractivity contribution in [1.29, 1.82) is 0 Å². The molecule has 0 bridgehead atoms. The van der Waals surface area contributed by atoms with Gasteiger partial charge in [0, 0.05) is 6.07 Å². The molecule has 0 nitrogen and oxygen atoms in total. The Morgan fingerprint density at radius 2 is 1.71 bits per heavy atom. The van der Waals surface area contributed by atoms with Crippen molar-refractivity contribution in [2.24, 2.45) is 11.8 Å². The fraction of sp³-hybridized carbons (Fsp3) is 0.417. The number of benzene rings is 2. The molecule has 0 amide bonds. The predicted molar refractivity (Wildman–Crippen MR) is 103 cm³/mol. The first-order valence-electron chi connectivity index (χ1n) is 10.1. The van der Waals surface area contributed by atoms with E-state index in [9.17, 15) is 13.2 Å². The van der Waals surface area contributed by atoms with Crippen molar-refractivity contribution in [1.82, 2.24) is 0 Å². The Balaban J connectivity index is 1.70. The van der Waals surface area contributed by atoms with E-state index in [0.29, 0.717) is 29.9 Å². The molecule has 0 radical (unpaired) electrons. The molecule has 1 saturated carbocycles. The van der Waals surface area contributed by atoms with Crippen molar-refractivity contribution < 1.29 is 17.6 Å². The topological polar surface area (TPSA) is 0 Å². The summed E-state index contributed by atoms with van der Waals surface area (Å²) in [5.74, 6) is -1.94. The zero-order chi connectivity index (χ0) is 19.8. The Labute approximate surface area is 163 Å². The van der Waals surface area contributed by atoms with Gasteiger partial charge in [0.15, 0.2) is 0 Å². The van der Waals surface area contributed by atoms with Gasteiger partial charge < -0.3 is 0 Å². The fourth-order valence-corrected chi connectivity index (χ4v) is 5.09. The van der Waals surface area contributed by atoms with E-state index in [2.05, 4.69) is 19.1 Å². The second kappa shape index (κ2) is 7.73. The van der Waals surface area contributed by atoms with Crippen molar-refractivity contribution in [3.8, 4) is 11.1 Å². The minimum Gasteiger partial charge on any atom is -0.207 e. The van der Waals surface area contributed by atoms with Crippen LogP contribution in [0.25, 0.3) is 11.1 Å². The third kappa shape index (κ3) is 3.49. The largest absolute Gasteiger partial charge is 0.207 e. The Morgan fingerprint density at radius 3 is 2.43 bits per heavy atom. The van der Waals surface area contributed by atoms with Crippen LogP contribution >= 0.6 is 0 Å². The van der Waals surface area contributed by atoms with Crippen molar-refractivity contribution >= 4 is 0 Å². The van der Waals surface area contributed by atoms with E-state index in [-0.39, 0.29) is 17.0 Å². The van der Waals surface area contributed by atoms with Crippen LogP contribution in [0.2, 0.25) is 0 Å². The second-order valence-corrected chi connectivity index (χ2v) is 8.09. The van der Waals surface area contributed by atoms with Crippen LogP contribution < -0.4 is 0 Å². The Morgan fingerprint density at radius 1 is 0.964 bits per heavy atom. The van der Waals surface area contributed by atoms with Crippen LogP contribution in [0.15, 0.2) is 36.4 Å². The molecule has 2 aromatic rings. The molecule has 0 heterocycles. The van der Waals surface area contributed by atoms with Crippen LogP contribution in [0.4, 0.5) is 17.6 Å². The first-order chi connectivity index (χ1) is 13.5. The van der Waals surface area contributed by atoms with Crippen LogP contribution in [0.1, 0.15) is 56.1 Å². The van der Waals surface area contributed by atoms with Gasteiger partial charge in [0.1, 0.15) is 23.3 Å². The Bertz CT molecular complexity index is 895. The maximum Gasteiger partial charge on any atom is 0.137 e. The van der Waals surface area contributed by atoms with Gasteiger partial charge >= 0.3 is 0 Å². The van der Waals surface area contributed by atoms with Crippen molar-refractivity contribution in [2.75, 3.05) is 0 Å². The minimum absolute atomic E-state index is 0.0918. The molecular weight excluding hydrogens is 364 g/mol. The monoisotopic (exact) mass is 388 g/mol. The van der Waals surface area contributed by atoms with Gasteiger partial charge in [-0.1, -0.05) is 19.1 Å². The average molecular weight is 388 g/mol. The average Bonchev–Trinajstić information content (AvgIpc) is 2.65. The van der Waals surface area contributed by atoms with Crippen LogP contribution in [-0.4, -0.2) is 0 Å². The van der Waals surface area contributed by atoms with Crippen molar-refractivity contribution in [2.45, 2.75) is 51.4 Å². The van der Waals surface area contributed by atoms with Crippen molar-refractivity contribution in [3.05, 3.63) is 70.8 Å². The SMILES string of the molecule is CC/C=C/[C@@H]1CC[C@@H]2c3cc(F)c(-c4cc(F)cc(F)c4)c(F)c3CC[C@@H]2C1. The molecule has 4 rings (SSSR count). The number of hydrogen-bond acceptors (Lipinski definition) is 0. The summed E-state index contributed by atoms with van der Waals surface area (Å²) in [4.78, 5) is 0. The number of fused-ring (bicyclic) bond motifs is 3. The van der Waals surface area contributed by atoms with Gasteiger partial charge in [0.25, 0.3) is 0 Å². The predicted octanol–water partition coefficient (Wildman–Crippen LogP) is 7.32. The van der Waals surface area contributed by atoms with E-state index in [1.807, 2.05) is 0 Å². The van der Waals surface area contributed by atoms with E-state index < -0.39 is 23.3 Å². The third-order valence-electron chi connectivity index (χ3n) is 6.34. The van der Waals surface area contributed by atoms with E-state index in [4.69, 9.17) is 0 Å². The summed E-state index contributed by atoms with van der Waals surface area (Å²) < 4.78 is 57.3. The molecule has 0 saturated heterocycles. The maximum atomic E-state index is 15.3. The molecule has 2 aromatic carbocycles. The van der Waals surface area contributed by atoms with Gasteiger partial charge in [0.2, 0.25) is 0 Å². The van der Waals surface area contributed by atoms with Gasteiger partial charge in [-0.3, -0.25) is 0 Å². The highest BCUT2D eigenvalue weighted by molar-refractivity contribution is 5.67. The summed E-state index contributed by atoms with van der Waals surface area (Å²) in [5, 5.41) is 0. The summed E-state index contributed by atoms with van der Waals surface area (Å²) in [5.41, 5.74) is 0.857. The van der Waals surface area contributed by atoms with Crippen LogP contribution in [0, 0.1) is 35.1 Å². The van der Waals surface area contributed by atoms with Gasteiger partial charge in [0.05, 0.1) is 5.56 Å². The van der Waals surface area contributed by atoms with E-state index >= 15 is 4.39 Å². The molecule has 2 aliphatic rings. The van der Waals surface area contributed by atoms with E-state index in [1.165, 1.54) is 6.07 Å². The van der Waals surface area contributed by atoms with Crippen LogP contribution in [0.3, 0.4) is 0 Å². The van der Waals surface area contributed by atoms with E-state index in [0.717, 1.165) is 49.8 Å². The van der Waals surface area contributed by atoms with E-state index in [1.54, 1.807) is 0 Å². The lowest BCUT2D eigenvalue weighted by molar-refractivity contribution is 0.234. The molecule has 0 aliphatic heterocycles. The van der Waals surface area contributed by atoms with Crippen LogP contribution in [0.5, 0.6) is 0 Å². The number of hydrogen-bond donors (Lipinski definition) is 0. The quantitative estimate of drug-likeness (QED) is 0.382. The minimum atomic E-state index is -0.843. The highest BCUT2D eigenvalue weighted by atomic mass is 19.1. The second-order valence-electron chi connectivity index (χ2n) is 8.09. The summed E-state index contributed by atoms with van der Waals surface area (Å²) >= 11 is 0. The van der Waals surface area contributed by atoms with Gasteiger partial charge in [-0.15, -0.1) is 0 Å². The number of halogens is 4. The molecule has 1 fully saturated rings. The fourth-order valence-electron chi connectivity index (χ4n) is 5.09. The number of allylic oxidation sites excluding steroid dienone is 2. The van der Waals surface area contributed by atoms with Gasteiger partial charge in [-0.25, -0.2) is 17.6 Å². The normalized spacial score (nSPS) is 24.2. The summed E-state index contributed by atoms with van der Waals surface area (Å²) in [6, 6.07) is 4.07. The summed E-state index contributed by atoms with van der Waals surface area (Å²) in [6.07, 6.45) is 9.92. The zero-order valence-corrected chi connectivity index (χ0v) is 16.0. The molecule has 3 atom stereocenters. The highest BCUT2D eigenvalue weighted by Gasteiger charge is 2.37. The zero-order valence-electron chi connectivity index (χ0n) is 16.0. The Kier molecular flexibility index (Phi) is 5.31. The lowest BCUT2D eigenvalue weighted by Gasteiger charge is -2.40. The molecule has 2 aliphatic carbocycles. The first-order valence-corrected chi connectivity index (χ1v) is 10.1. The molecule has 4 heteroatoms. The maximum absolute atomic E-state index is 15.3. The lowest BCUT2D eigenvalue weighted by Crippen LogP contribution is -2.28. The molecule has 0 aromatic heterocycles. The lowest BCUT2D eigenvalue weighted by atomic mass is 9.65. The van der Waals surface area contributed by atoms with Gasteiger partial charge in [-0.05, 0) is 91.2 Å². The summed E-state index contributed by atoms with van der Waals surface area (Å²) in [7, 11) is 0.